The van der Waals surface area contributed by atoms with Gasteiger partial charge in [-0.25, -0.2) is 9.78 Å². The zero-order valence-corrected chi connectivity index (χ0v) is 8.58. The van der Waals surface area contributed by atoms with Crippen LogP contribution in [-0.4, -0.2) is 22.2 Å². The van der Waals surface area contributed by atoms with Gasteiger partial charge in [0, 0.05) is 17.7 Å². The first-order valence-electron chi connectivity index (χ1n) is 4.06. The number of alkyl halides is 3. The number of nitrogens with zero attached hydrogens (tertiary/aromatic N) is 1. The van der Waals surface area contributed by atoms with Gasteiger partial charge in [-0.1, -0.05) is 0 Å². The monoisotopic (exact) mass is 239 g/mol. The number of aryl methyl sites for hydroxylation is 2. The van der Waals surface area contributed by atoms with E-state index in [1.807, 2.05) is 0 Å². The van der Waals surface area contributed by atoms with E-state index in [0.717, 1.165) is 11.3 Å². The first kappa shape index (κ1) is 12.0. The summed E-state index contributed by atoms with van der Waals surface area (Å²) in [6, 6.07) is 0. The number of carbonyl (C=O) groups is 1. The van der Waals surface area contributed by atoms with Crippen molar-refractivity contribution in [2.24, 2.45) is 0 Å². The third kappa shape index (κ3) is 3.50. The predicted molar refractivity (Wildman–Crippen MR) is 48.2 cm³/mol. The van der Waals surface area contributed by atoms with Crippen LogP contribution in [0, 0.1) is 6.92 Å². The quantitative estimate of drug-likeness (QED) is 0.882. The second-order valence-corrected chi connectivity index (χ2v) is 4.22. The predicted octanol–water partition coefficient (Wildman–Crippen LogP) is 2.64. The third-order valence-corrected chi connectivity index (χ3v) is 2.70. The standard InChI is InChI=1S/C8H8F3NO2S/c1-4-6(7(13)14)12-5(15-4)2-3-8(9,10)11/h2-3H2,1H3,(H,13,14). The van der Waals surface area contributed by atoms with Gasteiger partial charge in [-0.3, -0.25) is 0 Å². The van der Waals surface area contributed by atoms with Crippen molar-refractivity contribution in [3.63, 3.8) is 0 Å². The van der Waals surface area contributed by atoms with Crippen molar-refractivity contribution in [2.45, 2.75) is 25.9 Å². The number of carboxylic acids is 1. The highest BCUT2D eigenvalue weighted by molar-refractivity contribution is 7.11. The maximum Gasteiger partial charge on any atom is 0.389 e. The van der Waals surface area contributed by atoms with Crippen LogP contribution in [0.25, 0.3) is 0 Å². The Labute approximate surface area is 87.6 Å². The molecular weight excluding hydrogens is 231 g/mol. The highest BCUT2D eigenvalue weighted by Crippen LogP contribution is 2.25. The molecule has 0 fully saturated rings. The highest BCUT2D eigenvalue weighted by atomic mass is 32.1. The molecule has 0 aliphatic carbocycles. The van der Waals surface area contributed by atoms with Crippen molar-refractivity contribution in [3.8, 4) is 0 Å². The average Bonchev–Trinajstić information content (AvgIpc) is 2.42. The molecule has 0 radical (unpaired) electrons. The van der Waals surface area contributed by atoms with E-state index in [2.05, 4.69) is 4.98 Å². The molecule has 0 saturated carbocycles. The highest BCUT2D eigenvalue weighted by Gasteiger charge is 2.27. The zero-order valence-electron chi connectivity index (χ0n) is 7.76. The van der Waals surface area contributed by atoms with Crippen LogP contribution < -0.4 is 0 Å². The molecule has 1 aromatic rings. The van der Waals surface area contributed by atoms with E-state index in [0.29, 0.717) is 4.88 Å². The number of hydrogen-bond acceptors (Lipinski definition) is 3. The number of rotatable bonds is 3. The van der Waals surface area contributed by atoms with Crippen molar-refractivity contribution in [3.05, 3.63) is 15.6 Å². The Morgan fingerprint density at radius 3 is 2.53 bits per heavy atom. The Morgan fingerprint density at radius 1 is 1.53 bits per heavy atom. The molecule has 0 unspecified atom stereocenters. The first-order chi connectivity index (χ1) is 6.79. The number of thiazole rings is 1. The van der Waals surface area contributed by atoms with Gasteiger partial charge in [0.25, 0.3) is 0 Å². The smallest absolute Gasteiger partial charge is 0.389 e. The maximum atomic E-state index is 11.9. The van der Waals surface area contributed by atoms with Crippen LogP contribution in [0.3, 0.4) is 0 Å². The molecule has 1 rings (SSSR count). The largest absolute Gasteiger partial charge is 0.476 e. The molecule has 0 aliphatic rings. The SMILES string of the molecule is Cc1sc(CCC(F)(F)F)nc1C(=O)O. The van der Waals surface area contributed by atoms with Crippen molar-refractivity contribution in [2.75, 3.05) is 0 Å². The summed E-state index contributed by atoms with van der Waals surface area (Å²) < 4.78 is 35.6. The van der Waals surface area contributed by atoms with Crippen molar-refractivity contribution >= 4 is 17.3 Å². The van der Waals surface area contributed by atoms with E-state index >= 15 is 0 Å². The van der Waals surface area contributed by atoms with Crippen molar-refractivity contribution in [1.29, 1.82) is 0 Å². The summed E-state index contributed by atoms with van der Waals surface area (Å²) in [6.45, 7) is 1.53. The second kappa shape index (κ2) is 4.18. The number of carboxylic acid groups (broad SMARTS) is 1. The van der Waals surface area contributed by atoms with Gasteiger partial charge in [-0.15, -0.1) is 11.3 Å². The third-order valence-electron chi connectivity index (χ3n) is 1.67. The van der Waals surface area contributed by atoms with E-state index in [9.17, 15) is 18.0 Å². The molecule has 15 heavy (non-hydrogen) atoms. The minimum Gasteiger partial charge on any atom is -0.476 e. The van der Waals surface area contributed by atoms with Gasteiger partial charge in [0.2, 0.25) is 0 Å². The lowest BCUT2D eigenvalue weighted by Gasteiger charge is -2.02. The lowest BCUT2D eigenvalue weighted by molar-refractivity contribution is -0.133. The number of halogens is 3. The molecule has 0 bridgehead atoms. The summed E-state index contributed by atoms with van der Waals surface area (Å²) in [4.78, 5) is 14.6. The average molecular weight is 239 g/mol. The fourth-order valence-corrected chi connectivity index (χ4v) is 1.93. The molecule has 0 atom stereocenters. The van der Waals surface area contributed by atoms with Gasteiger partial charge in [0.15, 0.2) is 5.69 Å². The molecule has 1 heterocycles. The molecular formula is C8H8F3NO2S. The van der Waals surface area contributed by atoms with Gasteiger partial charge < -0.3 is 5.11 Å². The summed E-state index contributed by atoms with van der Waals surface area (Å²) in [5.41, 5.74) is -0.155. The molecule has 84 valence electrons. The van der Waals surface area contributed by atoms with Gasteiger partial charge in [-0.05, 0) is 6.92 Å². The van der Waals surface area contributed by atoms with Crippen LogP contribution in [-0.2, 0) is 6.42 Å². The summed E-state index contributed by atoms with van der Waals surface area (Å²) >= 11 is 0.991. The van der Waals surface area contributed by atoms with Gasteiger partial charge >= 0.3 is 12.1 Å². The Hall–Kier alpha value is -1.11. The summed E-state index contributed by atoms with van der Waals surface area (Å²) in [5, 5.41) is 8.84. The van der Waals surface area contributed by atoms with Gasteiger partial charge in [-0.2, -0.15) is 13.2 Å². The normalized spacial score (nSPS) is 11.7. The number of aromatic nitrogens is 1. The van der Waals surface area contributed by atoms with Gasteiger partial charge in [0.1, 0.15) is 0 Å². The molecule has 3 nitrogen and oxygen atoms in total. The first-order valence-corrected chi connectivity index (χ1v) is 4.87. The summed E-state index contributed by atoms with van der Waals surface area (Å²) in [6.07, 6.45) is -5.47. The van der Waals surface area contributed by atoms with Crippen LogP contribution in [0.1, 0.15) is 26.8 Å². The zero-order chi connectivity index (χ0) is 11.6. The minimum absolute atomic E-state index is 0.155. The molecule has 0 spiro atoms. The molecule has 0 saturated heterocycles. The topological polar surface area (TPSA) is 50.2 Å². The molecule has 0 aromatic carbocycles. The molecule has 7 heteroatoms. The number of aromatic carboxylic acids is 1. The second-order valence-electron chi connectivity index (χ2n) is 2.93. The van der Waals surface area contributed by atoms with E-state index in [-0.39, 0.29) is 17.1 Å². The van der Waals surface area contributed by atoms with E-state index in [4.69, 9.17) is 5.11 Å². The lowest BCUT2D eigenvalue weighted by Crippen LogP contribution is -2.08. The molecule has 1 N–H and O–H groups in total. The van der Waals surface area contributed by atoms with Gasteiger partial charge in [0.05, 0.1) is 5.01 Å². The summed E-state index contributed by atoms with van der Waals surface area (Å²) in [7, 11) is 0. The Bertz CT molecular complexity index is 372. The Kier molecular flexibility index (Phi) is 3.33. The molecule has 0 aliphatic heterocycles. The molecule has 1 aromatic heterocycles. The fraction of sp³-hybridized carbons (Fsp3) is 0.500. The van der Waals surface area contributed by atoms with Crippen LogP contribution >= 0.6 is 11.3 Å². The Morgan fingerprint density at radius 2 is 2.13 bits per heavy atom. The maximum absolute atomic E-state index is 11.9. The van der Waals surface area contributed by atoms with E-state index < -0.39 is 18.6 Å². The Balaban J connectivity index is 2.72. The van der Waals surface area contributed by atoms with Crippen molar-refractivity contribution in [1.82, 2.24) is 4.98 Å². The fourth-order valence-electron chi connectivity index (χ4n) is 1.01. The van der Waals surface area contributed by atoms with Crippen LogP contribution in [0.5, 0.6) is 0 Å². The van der Waals surface area contributed by atoms with Crippen LogP contribution in [0.4, 0.5) is 13.2 Å². The summed E-state index contributed by atoms with van der Waals surface area (Å²) in [5.74, 6) is -1.21. The molecule has 0 amide bonds. The van der Waals surface area contributed by atoms with Crippen molar-refractivity contribution < 1.29 is 23.1 Å². The lowest BCUT2D eigenvalue weighted by atomic mass is 10.3. The minimum atomic E-state index is -4.23. The number of hydrogen-bond donors (Lipinski definition) is 1. The van der Waals surface area contributed by atoms with E-state index in [1.165, 1.54) is 6.92 Å². The van der Waals surface area contributed by atoms with E-state index in [1.54, 1.807) is 0 Å². The van der Waals surface area contributed by atoms with Crippen LogP contribution in [0.15, 0.2) is 0 Å². The van der Waals surface area contributed by atoms with Crippen LogP contribution in [0.2, 0.25) is 0 Å².